The van der Waals surface area contributed by atoms with Crippen LogP contribution >= 0.6 is 22.6 Å². The number of nitrogens with zero attached hydrogens (tertiary/aromatic N) is 3. The third kappa shape index (κ3) is 21.2. The van der Waals surface area contributed by atoms with Crippen LogP contribution in [0.4, 0.5) is 26.3 Å². The van der Waals surface area contributed by atoms with E-state index in [2.05, 4.69) is 37.3 Å². The number of rotatable bonds is 10. The minimum atomic E-state index is -4.74. The average molecular weight is 1290 g/mol. The number of halogens is 7. The molecule has 8 rings (SSSR count). The number of alkyl halides is 7. The molecular formula is C61H80F6IN3O8S2. The van der Waals surface area contributed by atoms with Gasteiger partial charge >= 0.3 is 23.6 Å². The minimum Gasteiger partial charge on any atom is -0.443 e. The Morgan fingerprint density at radius 1 is 0.679 bits per heavy atom. The summed E-state index contributed by atoms with van der Waals surface area (Å²) < 4.78 is 130. The van der Waals surface area contributed by atoms with Crippen molar-refractivity contribution in [2.45, 2.75) is 187 Å². The lowest BCUT2D eigenvalue weighted by Gasteiger charge is -2.26. The Kier molecular flexibility index (Phi) is 30.3. The number of oxazole rings is 1. The molecule has 4 aromatic carbocycles. The highest BCUT2D eigenvalue weighted by Crippen LogP contribution is 2.42. The third-order valence-corrected chi connectivity index (χ3v) is 18.8. The Balaban J connectivity index is 0.000000523. The number of aliphatic hydroxyl groups is 2. The fourth-order valence-electron chi connectivity index (χ4n) is 8.98. The standard InChI is InChI=1S/C18H20F3NO2.C15H19NO2S.C10H9F3O2.C9H10NO2S.C6H11I.2CH4.CH3/c1-17(23,18(19,20)21)14-9-7-13(8-10-14)16-15(22-11-24-16)12-5-3-2-4-6-12;1-12-8-10-14(11-9-12)19(17,18)15(16-2)13-6-4-3-5-7-13;1-9(15,10(11,12)13)8-4-2-7(6-14)3-5-8;1-8-3-5-9(6-4-8)13(11,12)7-10-2;7-6-4-2-1-3-5-6;;;/h7-12,23H,2-6H2,1H3;8-11,13,15H,3-7H2,1H3;2-6,15H,1H3;2-6H,7H2,1H3;6H,1-5H2;2*1H4;1H3/q;;;+1;;;;-1. The van der Waals surface area contributed by atoms with Gasteiger partial charge in [0.1, 0.15) is 6.29 Å². The Labute approximate surface area is 491 Å². The summed E-state index contributed by atoms with van der Waals surface area (Å²) in [5.41, 5.74) is -2.40. The molecule has 3 saturated carbocycles. The summed E-state index contributed by atoms with van der Waals surface area (Å²) in [7, 11) is -6.84. The average Bonchev–Trinajstić information content (AvgIpc) is 3.91. The first kappa shape index (κ1) is 73.9. The van der Waals surface area contributed by atoms with E-state index in [1.807, 2.05) is 13.8 Å². The summed E-state index contributed by atoms with van der Waals surface area (Å²) in [6, 6.07) is 23.7. The maximum atomic E-state index is 12.9. The van der Waals surface area contributed by atoms with Crippen molar-refractivity contribution in [1.29, 1.82) is 0 Å². The Hall–Kier alpha value is -5.13. The van der Waals surface area contributed by atoms with Gasteiger partial charge in [0, 0.05) is 26.9 Å². The number of aldehydes is 1. The Morgan fingerprint density at radius 2 is 1.09 bits per heavy atom. The zero-order valence-electron chi connectivity index (χ0n) is 45.2. The number of carbonyl (C=O) groups is 1. The lowest BCUT2D eigenvalue weighted by molar-refractivity contribution is -0.259. The number of hydrogen-bond acceptors (Lipinski definition) is 9. The van der Waals surface area contributed by atoms with Gasteiger partial charge in [0.05, 0.1) is 15.5 Å². The van der Waals surface area contributed by atoms with Crippen LogP contribution in [0.1, 0.15) is 169 Å². The molecule has 3 aliphatic rings. The molecule has 0 aliphatic heterocycles. The number of aromatic nitrogens is 1. The molecule has 0 radical (unpaired) electrons. The maximum absolute atomic E-state index is 12.9. The predicted octanol–water partition coefficient (Wildman–Crippen LogP) is 17.2. The van der Waals surface area contributed by atoms with Crippen molar-refractivity contribution in [1.82, 2.24) is 4.98 Å². The van der Waals surface area contributed by atoms with Crippen LogP contribution in [-0.4, -0.2) is 65.8 Å². The third-order valence-electron chi connectivity index (χ3n) is 14.0. The number of carbonyl (C=O) groups excluding carboxylic acids is 1. The molecule has 3 fully saturated rings. The highest BCUT2D eigenvalue weighted by atomic mass is 127. The van der Waals surface area contributed by atoms with Crippen molar-refractivity contribution in [3.8, 4) is 17.9 Å². The van der Waals surface area contributed by atoms with Crippen molar-refractivity contribution in [3.05, 3.63) is 161 Å². The fraction of sp³-hybridized carbons (Fsp3) is 0.492. The molecule has 0 saturated heterocycles. The van der Waals surface area contributed by atoms with Gasteiger partial charge in [0.2, 0.25) is 0 Å². The van der Waals surface area contributed by atoms with Crippen LogP contribution in [0.3, 0.4) is 0 Å². The van der Waals surface area contributed by atoms with Crippen molar-refractivity contribution in [2.24, 2.45) is 5.92 Å². The lowest BCUT2D eigenvalue weighted by atomic mass is 9.85. The number of benzene rings is 4. The van der Waals surface area contributed by atoms with Gasteiger partial charge in [-0.05, 0) is 102 Å². The van der Waals surface area contributed by atoms with Gasteiger partial charge in [0.25, 0.3) is 26.2 Å². The molecule has 1 aromatic heterocycles. The maximum Gasteiger partial charge on any atom is 0.421 e. The summed E-state index contributed by atoms with van der Waals surface area (Å²) in [5.74, 6) is 0.582. The molecule has 0 bridgehead atoms. The molecule has 5 aromatic rings. The number of hydrogen-bond donors (Lipinski definition) is 2. The van der Waals surface area contributed by atoms with Crippen LogP contribution in [0.15, 0.2) is 118 Å². The Bertz CT molecular complexity index is 2950. The predicted molar refractivity (Wildman–Crippen MR) is 318 cm³/mol. The van der Waals surface area contributed by atoms with Gasteiger partial charge in [-0.25, -0.2) is 28.4 Å². The second kappa shape index (κ2) is 33.2. The zero-order chi connectivity index (χ0) is 58.0. The smallest absolute Gasteiger partial charge is 0.421 e. The van der Waals surface area contributed by atoms with E-state index >= 15 is 0 Å². The van der Waals surface area contributed by atoms with Gasteiger partial charge in [-0.3, -0.25) is 9.64 Å². The fourth-order valence-corrected chi connectivity index (χ4v) is 12.5. The largest absolute Gasteiger partial charge is 0.443 e. The first-order valence-corrected chi connectivity index (χ1v) is 30.2. The summed E-state index contributed by atoms with van der Waals surface area (Å²) in [6.45, 7) is 17.4. The van der Waals surface area contributed by atoms with Gasteiger partial charge in [-0.2, -0.15) is 26.3 Å². The molecule has 0 spiro atoms. The van der Waals surface area contributed by atoms with Crippen molar-refractivity contribution < 1.29 is 62.6 Å². The summed E-state index contributed by atoms with van der Waals surface area (Å²) >= 11 is 2.56. The van der Waals surface area contributed by atoms with E-state index < -0.39 is 48.6 Å². The Morgan fingerprint density at radius 3 is 1.47 bits per heavy atom. The van der Waals surface area contributed by atoms with E-state index in [9.17, 15) is 58.2 Å². The highest BCUT2D eigenvalue weighted by Gasteiger charge is 2.52. The SMILES string of the molecule is C.C.C#[N+]CS(=O)(=O)c1ccc(C)cc1.CC(O)(c1ccc(-c2ocnc2C2CCCCC2)cc1)C(F)(F)F.CC(O)(c1ccc(C=O)cc1)C(F)(F)F.IC1CCCCC1.[C-]#[N+]C(C1CCCCC1)S(=O)(=O)c1ccc(C)cc1.[CH3-]. The van der Waals surface area contributed by atoms with Gasteiger partial charge < -0.3 is 22.1 Å². The molecule has 81 heavy (non-hydrogen) atoms. The van der Waals surface area contributed by atoms with Crippen LogP contribution in [0.5, 0.6) is 0 Å². The molecule has 3 aliphatic carbocycles. The van der Waals surface area contributed by atoms with Crippen LogP contribution in [0.2, 0.25) is 0 Å². The van der Waals surface area contributed by atoms with Gasteiger partial charge in [-0.1, -0.05) is 184 Å². The van der Waals surface area contributed by atoms with Crippen LogP contribution in [-0.2, 0) is 30.9 Å². The minimum absolute atomic E-state index is 0. The summed E-state index contributed by atoms with van der Waals surface area (Å²) in [6.07, 6.45) is 10.4. The first-order chi connectivity index (χ1) is 36.6. The van der Waals surface area contributed by atoms with E-state index in [0.717, 1.165) is 97.6 Å². The number of sulfone groups is 2. The molecule has 11 nitrogen and oxygen atoms in total. The first-order valence-electron chi connectivity index (χ1n) is 25.8. The molecule has 3 atom stereocenters. The van der Waals surface area contributed by atoms with E-state index in [0.29, 0.717) is 30.5 Å². The molecular weight excluding hydrogens is 1210 g/mol. The molecule has 3 unspecified atom stereocenters. The van der Waals surface area contributed by atoms with E-state index in [1.165, 1.54) is 69.2 Å². The topological polar surface area (TPSA) is 161 Å². The summed E-state index contributed by atoms with van der Waals surface area (Å²) in [5, 5.41) is 18.1. The monoisotopic (exact) mass is 1290 g/mol. The molecule has 2 N–H and O–H groups in total. The second-order valence-corrected chi connectivity index (χ2v) is 25.9. The quantitative estimate of drug-likeness (QED) is 0.0456. The highest BCUT2D eigenvalue weighted by molar-refractivity contribution is 14.1. The normalized spacial score (nSPS) is 16.9. The van der Waals surface area contributed by atoms with Crippen LogP contribution in [0, 0.1) is 40.3 Å². The van der Waals surface area contributed by atoms with Gasteiger partial charge in [0.15, 0.2) is 23.4 Å². The van der Waals surface area contributed by atoms with Crippen molar-refractivity contribution in [2.75, 3.05) is 5.88 Å². The van der Waals surface area contributed by atoms with Crippen molar-refractivity contribution in [3.63, 3.8) is 0 Å². The van der Waals surface area contributed by atoms with Crippen molar-refractivity contribution >= 4 is 48.6 Å². The zero-order valence-corrected chi connectivity index (χ0v) is 49.0. The molecule has 1 heterocycles. The van der Waals surface area contributed by atoms with E-state index in [1.54, 1.807) is 60.7 Å². The molecule has 448 valence electrons. The van der Waals surface area contributed by atoms with E-state index in [4.69, 9.17) is 17.6 Å². The van der Waals surface area contributed by atoms with Crippen LogP contribution in [0.25, 0.3) is 21.0 Å². The van der Waals surface area contributed by atoms with E-state index in [-0.39, 0.29) is 60.6 Å². The molecule has 20 heteroatoms. The van der Waals surface area contributed by atoms with Crippen LogP contribution < -0.4 is 0 Å². The lowest BCUT2D eigenvalue weighted by Crippen LogP contribution is -2.39. The molecule has 0 amide bonds. The van der Waals surface area contributed by atoms with Gasteiger partial charge in [-0.15, -0.1) is 0 Å². The summed E-state index contributed by atoms with van der Waals surface area (Å²) in [4.78, 5) is 21.7. The second-order valence-electron chi connectivity index (χ2n) is 20.1. The number of aryl methyl sites for hydroxylation is 2.